The van der Waals surface area contributed by atoms with E-state index in [0.717, 1.165) is 32.1 Å². The number of benzene rings is 1. The summed E-state index contributed by atoms with van der Waals surface area (Å²) in [6, 6.07) is 10.4. The molecule has 1 heterocycles. The van der Waals surface area contributed by atoms with Gasteiger partial charge >= 0.3 is 0 Å². The van der Waals surface area contributed by atoms with Gasteiger partial charge in [-0.05, 0) is 12.6 Å². The highest BCUT2D eigenvalue weighted by Crippen LogP contribution is 2.07. The molecule has 2 rings (SSSR count). The summed E-state index contributed by atoms with van der Waals surface area (Å²) in [6.07, 6.45) is 3.90. The molecule has 0 bridgehead atoms. The Morgan fingerprint density at radius 2 is 2.05 bits per heavy atom. The number of likely N-dealkylation sites (N-methyl/N-ethyl adjacent to an activating group) is 1. The van der Waals surface area contributed by atoms with Crippen molar-refractivity contribution in [2.24, 2.45) is 0 Å². The van der Waals surface area contributed by atoms with Crippen LogP contribution in [0.3, 0.4) is 0 Å². The summed E-state index contributed by atoms with van der Waals surface area (Å²) in [5.74, 6) is 1.09. The van der Waals surface area contributed by atoms with Gasteiger partial charge in [0.1, 0.15) is 5.82 Å². The molecule has 0 saturated carbocycles. The lowest BCUT2D eigenvalue weighted by atomic mass is 10.2. The van der Waals surface area contributed by atoms with E-state index in [4.69, 9.17) is 4.74 Å². The summed E-state index contributed by atoms with van der Waals surface area (Å²) in [5, 5.41) is 0. The van der Waals surface area contributed by atoms with Crippen molar-refractivity contribution in [3.8, 4) is 0 Å². The average molecular weight is 259 g/mol. The van der Waals surface area contributed by atoms with Crippen LogP contribution >= 0.6 is 0 Å². The molecule has 0 unspecified atom stereocenters. The summed E-state index contributed by atoms with van der Waals surface area (Å²) in [5.41, 5.74) is 1.29. The molecule has 0 radical (unpaired) electrons. The Balaban J connectivity index is 1.98. The molecule has 1 aromatic carbocycles. The van der Waals surface area contributed by atoms with Crippen LogP contribution in [0.15, 0.2) is 42.7 Å². The van der Waals surface area contributed by atoms with E-state index in [1.807, 2.05) is 18.5 Å². The Bertz CT molecular complexity index is 481. The van der Waals surface area contributed by atoms with Gasteiger partial charge in [0.15, 0.2) is 0 Å². The van der Waals surface area contributed by atoms with Gasteiger partial charge in [0, 0.05) is 32.6 Å². The van der Waals surface area contributed by atoms with Gasteiger partial charge in [-0.1, -0.05) is 30.3 Å². The second-order valence-corrected chi connectivity index (χ2v) is 4.69. The third-order valence-electron chi connectivity index (χ3n) is 3.09. The second kappa shape index (κ2) is 7.07. The van der Waals surface area contributed by atoms with Gasteiger partial charge in [-0.15, -0.1) is 0 Å². The van der Waals surface area contributed by atoms with Crippen LogP contribution in [0.1, 0.15) is 11.4 Å². The number of hydrogen-bond donors (Lipinski definition) is 0. The molecule has 1 aromatic heterocycles. The van der Waals surface area contributed by atoms with E-state index in [0.29, 0.717) is 0 Å². The number of hydrogen-bond acceptors (Lipinski definition) is 3. The molecule has 0 aliphatic carbocycles. The summed E-state index contributed by atoms with van der Waals surface area (Å²) >= 11 is 0. The van der Waals surface area contributed by atoms with Crippen molar-refractivity contribution in [1.29, 1.82) is 0 Å². The zero-order valence-electron chi connectivity index (χ0n) is 11.6. The SMILES string of the molecule is COCCN(C)Cc1nccn1Cc1ccccc1. The van der Waals surface area contributed by atoms with Gasteiger partial charge in [-0.3, -0.25) is 4.90 Å². The molecule has 0 saturated heterocycles. The Hall–Kier alpha value is -1.65. The zero-order chi connectivity index (χ0) is 13.5. The monoisotopic (exact) mass is 259 g/mol. The molecule has 0 amide bonds. The fraction of sp³-hybridized carbons (Fsp3) is 0.400. The maximum atomic E-state index is 5.09. The number of rotatable bonds is 7. The van der Waals surface area contributed by atoms with Crippen LogP contribution in [0, 0.1) is 0 Å². The fourth-order valence-electron chi connectivity index (χ4n) is 1.98. The molecule has 0 aliphatic rings. The number of ether oxygens (including phenoxy) is 1. The van der Waals surface area contributed by atoms with Crippen LogP contribution in [0.2, 0.25) is 0 Å². The molecule has 102 valence electrons. The highest BCUT2D eigenvalue weighted by Gasteiger charge is 2.06. The van der Waals surface area contributed by atoms with Crippen molar-refractivity contribution in [1.82, 2.24) is 14.5 Å². The lowest BCUT2D eigenvalue weighted by Gasteiger charge is -2.16. The topological polar surface area (TPSA) is 30.3 Å². The highest BCUT2D eigenvalue weighted by atomic mass is 16.5. The van der Waals surface area contributed by atoms with Gasteiger partial charge in [0.25, 0.3) is 0 Å². The predicted octanol–water partition coefficient (Wildman–Crippen LogP) is 2.01. The number of nitrogens with zero attached hydrogens (tertiary/aromatic N) is 3. The maximum Gasteiger partial charge on any atom is 0.123 e. The molecular formula is C15H21N3O. The van der Waals surface area contributed by atoms with E-state index in [9.17, 15) is 0 Å². The first kappa shape index (κ1) is 13.8. The normalized spacial score (nSPS) is 11.1. The van der Waals surface area contributed by atoms with Crippen LogP contribution in [-0.2, 0) is 17.8 Å². The summed E-state index contributed by atoms with van der Waals surface area (Å²) in [4.78, 5) is 6.66. The lowest BCUT2D eigenvalue weighted by Crippen LogP contribution is -2.24. The van der Waals surface area contributed by atoms with E-state index in [-0.39, 0.29) is 0 Å². The molecule has 19 heavy (non-hydrogen) atoms. The lowest BCUT2D eigenvalue weighted by molar-refractivity contribution is 0.157. The summed E-state index contributed by atoms with van der Waals surface area (Å²) in [6.45, 7) is 3.36. The fourth-order valence-corrected chi connectivity index (χ4v) is 1.98. The largest absolute Gasteiger partial charge is 0.383 e. The molecule has 0 aliphatic heterocycles. The average Bonchev–Trinajstić information content (AvgIpc) is 2.85. The van der Waals surface area contributed by atoms with Gasteiger partial charge in [0.05, 0.1) is 13.2 Å². The van der Waals surface area contributed by atoms with Crippen LogP contribution in [-0.4, -0.2) is 41.8 Å². The first-order valence-electron chi connectivity index (χ1n) is 6.51. The van der Waals surface area contributed by atoms with E-state index >= 15 is 0 Å². The minimum absolute atomic E-state index is 0.746. The third-order valence-corrected chi connectivity index (χ3v) is 3.09. The smallest absolute Gasteiger partial charge is 0.123 e. The standard InChI is InChI=1S/C15H21N3O/c1-17(10-11-19-2)13-15-16-8-9-18(15)12-14-6-4-3-5-7-14/h3-9H,10-13H2,1-2H3. The van der Waals surface area contributed by atoms with E-state index in [1.165, 1.54) is 5.56 Å². The maximum absolute atomic E-state index is 5.09. The molecule has 0 atom stereocenters. The van der Waals surface area contributed by atoms with Crippen LogP contribution in [0.25, 0.3) is 0 Å². The Morgan fingerprint density at radius 3 is 2.79 bits per heavy atom. The van der Waals surface area contributed by atoms with Crippen LogP contribution in [0.4, 0.5) is 0 Å². The van der Waals surface area contributed by atoms with Gasteiger partial charge < -0.3 is 9.30 Å². The molecular weight excluding hydrogens is 238 g/mol. The van der Waals surface area contributed by atoms with Crippen LogP contribution < -0.4 is 0 Å². The third kappa shape index (κ3) is 4.19. The highest BCUT2D eigenvalue weighted by molar-refractivity contribution is 5.15. The van der Waals surface area contributed by atoms with E-state index < -0.39 is 0 Å². The van der Waals surface area contributed by atoms with Crippen molar-refractivity contribution >= 4 is 0 Å². The van der Waals surface area contributed by atoms with Gasteiger partial charge in [0.2, 0.25) is 0 Å². The van der Waals surface area contributed by atoms with Crippen molar-refractivity contribution < 1.29 is 4.74 Å². The minimum atomic E-state index is 0.746. The summed E-state index contributed by atoms with van der Waals surface area (Å²) < 4.78 is 7.28. The molecule has 2 aromatic rings. The van der Waals surface area contributed by atoms with Crippen molar-refractivity contribution in [3.63, 3.8) is 0 Å². The number of imidazole rings is 1. The minimum Gasteiger partial charge on any atom is -0.383 e. The second-order valence-electron chi connectivity index (χ2n) is 4.69. The Morgan fingerprint density at radius 1 is 1.26 bits per heavy atom. The Kier molecular flexibility index (Phi) is 5.12. The van der Waals surface area contributed by atoms with Gasteiger partial charge in [-0.25, -0.2) is 4.98 Å². The molecule has 4 nitrogen and oxygen atoms in total. The molecule has 4 heteroatoms. The van der Waals surface area contributed by atoms with Crippen LogP contribution in [0.5, 0.6) is 0 Å². The number of methoxy groups -OCH3 is 1. The predicted molar refractivity (Wildman–Crippen MR) is 76.0 cm³/mol. The molecule has 0 spiro atoms. The van der Waals surface area contributed by atoms with E-state index in [1.54, 1.807) is 7.11 Å². The van der Waals surface area contributed by atoms with Crippen molar-refractivity contribution in [2.75, 3.05) is 27.3 Å². The van der Waals surface area contributed by atoms with E-state index in [2.05, 4.69) is 45.8 Å². The molecule has 0 N–H and O–H groups in total. The van der Waals surface area contributed by atoms with Crippen molar-refractivity contribution in [2.45, 2.75) is 13.1 Å². The Labute approximate surface area is 114 Å². The summed E-state index contributed by atoms with van der Waals surface area (Å²) in [7, 11) is 3.81. The zero-order valence-corrected chi connectivity index (χ0v) is 11.6. The first-order chi connectivity index (χ1) is 9.29. The first-order valence-corrected chi connectivity index (χ1v) is 6.51. The number of aromatic nitrogens is 2. The quantitative estimate of drug-likeness (QED) is 0.762. The van der Waals surface area contributed by atoms with Crippen molar-refractivity contribution in [3.05, 3.63) is 54.1 Å². The molecule has 0 fully saturated rings. The van der Waals surface area contributed by atoms with Gasteiger partial charge in [-0.2, -0.15) is 0 Å².